The summed E-state index contributed by atoms with van der Waals surface area (Å²) in [6.45, 7) is 9.70. The highest BCUT2D eigenvalue weighted by molar-refractivity contribution is 7.47. The van der Waals surface area contributed by atoms with Crippen LogP contribution in [0.3, 0.4) is 0 Å². The number of esters is 4. The number of unbranched alkanes of at least 4 members (excludes halogenated alkanes) is 46. The van der Waals surface area contributed by atoms with Gasteiger partial charge in [0.2, 0.25) is 0 Å². The molecule has 0 heterocycles. The van der Waals surface area contributed by atoms with Gasteiger partial charge in [-0.15, -0.1) is 0 Å². The fraction of sp³-hybridized carbons (Fsp3) is 0.905. The Kier molecular flexibility index (Phi) is 73.2. The normalized spacial score (nSPS) is 14.5. The summed E-state index contributed by atoms with van der Waals surface area (Å²) in [7, 11) is -9.94. The minimum atomic E-state index is -4.97. The third-order valence-electron chi connectivity index (χ3n) is 19.8. The molecule has 0 amide bonds. The Morgan fingerprint density at radius 1 is 0.311 bits per heavy atom. The number of aliphatic hydroxyl groups is 1. The molecule has 0 aromatic rings. The van der Waals surface area contributed by atoms with Crippen molar-refractivity contribution >= 4 is 39.5 Å². The Bertz CT molecular complexity index is 2070. The predicted molar refractivity (Wildman–Crippen MR) is 423 cm³/mol. The van der Waals surface area contributed by atoms with Gasteiger partial charge in [0.1, 0.15) is 19.3 Å². The van der Waals surface area contributed by atoms with Crippen LogP contribution in [0.15, 0.2) is 24.3 Å². The van der Waals surface area contributed by atoms with Crippen LogP contribution in [0.25, 0.3) is 0 Å². The van der Waals surface area contributed by atoms with Gasteiger partial charge < -0.3 is 33.8 Å². The third-order valence-corrected chi connectivity index (χ3v) is 21.7. The van der Waals surface area contributed by atoms with E-state index in [9.17, 15) is 43.2 Å². The average molecular weight is 1500 g/mol. The van der Waals surface area contributed by atoms with E-state index in [1.54, 1.807) is 0 Å². The molecule has 0 aromatic heterocycles. The first-order valence-electron chi connectivity index (χ1n) is 42.9. The number of hydrogen-bond acceptors (Lipinski definition) is 15. The van der Waals surface area contributed by atoms with Crippen LogP contribution in [0, 0.1) is 11.8 Å². The van der Waals surface area contributed by atoms with Crippen molar-refractivity contribution in [1.82, 2.24) is 0 Å². The summed E-state index contributed by atoms with van der Waals surface area (Å²) in [4.78, 5) is 73.1. The first kappa shape index (κ1) is 101. The Balaban J connectivity index is 5.30. The van der Waals surface area contributed by atoms with Crippen molar-refractivity contribution in [3.05, 3.63) is 24.3 Å². The zero-order chi connectivity index (χ0) is 75.6. The number of carbonyl (C=O) groups is 4. The molecule has 0 aliphatic carbocycles. The number of phosphoric ester groups is 2. The lowest BCUT2D eigenvalue weighted by atomic mass is 9.99. The van der Waals surface area contributed by atoms with E-state index in [4.69, 9.17) is 37.0 Å². The van der Waals surface area contributed by atoms with E-state index < -0.39 is 97.5 Å². The van der Waals surface area contributed by atoms with Crippen molar-refractivity contribution < 1.29 is 80.2 Å². The second kappa shape index (κ2) is 75.0. The van der Waals surface area contributed by atoms with Crippen LogP contribution in [0.5, 0.6) is 0 Å². The molecule has 7 atom stereocenters. The molecule has 19 heteroatoms. The van der Waals surface area contributed by atoms with Gasteiger partial charge in [-0.2, -0.15) is 0 Å². The summed E-state index contributed by atoms with van der Waals surface area (Å²) in [5, 5.41) is 10.7. The third kappa shape index (κ3) is 74.8. The van der Waals surface area contributed by atoms with Gasteiger partial charge in [-0.3, -0.25) is 37.3 Å². The summed E-state index contributed by atoms with van der Waals surface area (Å²) in [6.07, 6.45) is 68.5. The summed E-state index contributed by atoms with van der Waals surface area (Å²) in [5.41, 5.74) is 0. The Hall–Kier alpha value is -2.46. The monoisotopic (exact) mass is 1500 g/mol. The van der Waals surface area contributed by atoms with Crippen molar-refractivity contribution in [3.63, 3.8) is 0 Å². The van der Waals surface area contributed by atoms with Gasteiger partial charge in [0.15, 0.2) is 12.2 Å². The van der Waals surface area contributed by atoms with Gasteiger partial charge in [-0.1, -0.05) is 368 Å². The zero-order valence-electron chi connectivity index (χ0n) is 67.1. The van der Waals surface area contributed by atoms with Crippen LogP contribution in [0.2, 0.25) is 0 Å². The Morgan fingerprint density at radius 3 is 0.825 bits per heavy atom. The molecule has 17 nitrogen and oxygen atoms in total. The molecule has 0 spiro atoms. The molecule has 0 saturated heterocycles. The molecule has 0 aliphatic rings. The zero-order valence-corrected chi connectivity index (χ0v) is 68.9. The number of aliphatic hydroxyl groups excluding tert-OH is 1. The summed E-state index contributed by atoms with van der Waals surface area (Å²) < 4.78 is 68.8. The predicted octanol–water partition coefficient (Wildman–Crippen LogP) is 25.0. The molecule has 103 heavy (non-hydrogen) atoms. The van der Waals surface area contributed by atoms with Crippen LogP contribution >= 0.6 is 15.6 Å². The molecule has 0 saturated carbocycles. The maximum Gasteiger partial charge on any atom is 0.472 e. The molecule has 0 radical (unpaired) electrons. The van der Waals surface area contributed by atoms with Crippen LogP contribution in [0.1, 0.15) is 420 Å². The first-order valence-corrected chi connectivity index (χ1v) is 45.9. The fourth-order valence-electron chi connectivity index (χ4n) is 12.5. The van der Waals surface area contributed by atoms with E-state index in [1.165, 1.54) is 225 Å². The summed E-state index contributed by atoms with van der Waals surface area (Å²) in [6, 6.07) is 0. The van der Waals surface area contributed by atoms with Gasteiger partial charge in [-0.05, 0) is 63.2 Å². The molecule has 4 unspecified atom stereocenters. The number of carbonyl (C=O) groups excluding carboxylic acids is 4. The quantitative estimate of drug-likeness (QED) is 0.0169. The Morgan fingerprint density at radius 2 is 0.544 bits per heavy atom. The van der Waals surface area contributed by atoms with E-state index in [0.29, 0.717) is 25.7 Å². The van der Waals surface area contributed by atoms with Crippen LogP contribution in [0.4, 0.5) is 0 Å². The van der Waals surface area contributed by atoms with E-state index in [-0.39, 0.29) is 25.7 Å². The van der Waals surface area contributed by atoms with Gasteiger partial charge in [0, 0.05) is 25.7 Å². The van der Waals surface area contributed by atoms with Gasteiger partial charge >= 0.3 is 39.5 Å². The van der Waals surface area contributed by atoms with E-state index >= 15 is 0 Å². The molecule has 0 aliphatic heterocycles. The number of rotatable bonds is 81. The summed E-state index contributed by atoms with van der Waals surface area (Å²) >= 11 is 0. The fourth-order valence-corrected chi connectivity index (χ4v) is 14.0. The van der Waals surface area contributed by atoms with Crippen molar-refractivity contribution in [2.45, 2.75) is 439 Å². The number of ether oxygens (including phenoxy) is 4. The topological polar surface area (TPSA) is 237 Å². The summed E-state index contributed by atoms with van der Waals surface area (Å²) in [5.74, 6) is -0.440. The van der Waals surface area contributed by atoms with Crippen LogP contribution < -0.4 is 0 Å². The van der Waals surface area contributed by atoms with Crippen molar-refractivity contribution in [2.24, 2.45) is 11.8 Å². The minimum absolute atomic E-state index is 0.0855. The Labute approximate surface area is 631 Å². The molecule has 608 valence electrons. The van der Waals surface area contributed by atoms with Crippen LogP contribution in [-0.4, -0.2) is 96.7 Å². The first-order chi connectivity index (χ1) is 49.9. The van der Waals surface area contributed by atoms with Gasteiger partial charge in [0.05, 0.1) is 26.4 Å². The van der Waals surface area contributed by atoms with Crippen LogP contribution in [-0.2, 0) is 65.4 Å². The van der Waals surface area contributed by atoms with E-state index in [1.807, 2.05) is 0 Å². The molecular formula is C84H160O17P2. The number of allylic oxidation sites excluding steroid dienone is 4. The van der Waals surface area contributed by atoms with Gasteiger partial charge in [0.25, 0.3) is 0 Å². The second-order valence-corrected chi connectivity index (χ2v) is 32.9. The largest absolute Gasteiger partial charge is 0.472 e. The lowest BCUT2D eigenvalue weighted by molar-refractivity contribution is -0.161. The molecular weight excluding hydrogens is 1340 g/mol. The average Bonchev–Trinajstić information content (AvgIpc) is 0.922. The highest BCUT2D eigenvalue weighted by Crippen LogP contribution is 2.45. The van der Waals surface area contributed by atoms with Crippen molar-refractivity contribution in [2.75, 3.05) is 39.6 Å². The number of hydrogen-bond donors (Lipinski definition) is 3. The smallest absolute Gasteiger partial charge is 0.462 e. The van der Waals surface area contributed by atoms with E-state index in [2.05, 4.69) is 65.8 Å². The SMILES string of the molecule is CCCCCC/C=C\C=C/CCCCCCCC(=O)O[C@H](COC(=O)CCCCCCCCCCCCCC)COP(=O)(O)OC[C@H](O)COP(=O)(O)OC[C@@H](COC(=O)CCCCCCCCCCCCCCCCC(C)CC)OC(=O)CCCCCCCCCCCCCCCCC(C)CC. The standard InChI is InChI=1S/C84H160O17P2/c1-7-11-13-15-17-19-21-23-24-32-38-44-50-56-62-68-83(88)100-79(72-94-81(86)66-60-54-48-42-36-22-20-18-16-14-12-8-2)74-98-102(90,91)96-70-78(85)71-97-103(92,93)99-75-80(101-84(89)69-63-57-51-45-39-33-28-26-30-35-41-47-53-59-65-77(6)10-4)73-95-82(87)67-61-55-49-43-37-31-27-25-29-34-40-46-52-58-64-76(5)9-3/h19,21,23-24,76-80,85H,7-18,20,22,25-75H2,1-6H3,(H,90,91)(H,92,93)/b21-19-,24-23-/t76?,77?,78-,79+,80+/m0/s1. The molecule has 0 fully saturated rings. The van der Waals surface area contributed by atoms with Gasteiger partial charge in [-0.25, -0.2) is 9.13 Å². The lowest BCUT2D eigenvalue weighted by Crippen LogP contribution is -2.30. The molecule has 0 bridgehead atoms. The highest BCUT2D eigenvalue weighted by Gasteiger charge is 2.30. The lowest BCUT2D eigenvalue weighted by Gasteiger charge is -2.21. The van der Waals surface area contributed by atoms with Crippen molar-refractivity contribution in [3.8, 4) is 0 Å². The molecule has 3 N–H and O–H groups in total. The minimum Gasteiger partial charge on any atom is -0.462 e. The highest BCUT2D eigenvalue weighted by atomic mass is 31.2. The molecule has 0 aromatic carbocycles. The molecule has 0 rings (SSSR count). The number of phosphoric acid groups is 2. The maximum absolute atomic E-state index is 13.1. The van der Waals surface area contributed by atoms with Crippen molar-refractivity contribution in [1.29, 1.82) is 0 Å². The maximum atomic E-state index is 13.1. The van der Waals surface area contributed by atoms with E-state index in [0.717, 1.165) is 115 Å². The second-order valence-electron chi connectivity index (χ2n) is 30.0.